The van der Waals surface area contributed by atoms with Crippen molar-refractivity contribution in [2.75, 3.05) is 6.61 Å². The van der Waals surface area contributed by atoms with E-state index in [2.05, 4.69) is 23.3 Å². The molecule has 2 atom stereocenters. The van der Waals surface area contributed by atoms with E-state index in [0.29, 0.717) is 6.42 Å². The highest BCUT2D eigenvalue weighted by Crippen LogP contribution is 2.09. The third-order valence-electron chi connectivity index (χ3n) is 0.620. The fraction of sp³-hybridized carbons (Fsp3) is 0.800. The first-order valence-corrected chi connectivity index (χ1v) is 2.95. The first-order valence-electron chi connectivity index (χ1n) is 2.51. The van der Waals surface area contributed by atoms with Crippen molar-refractivity contribution in [1.29, 1.82) is 0 Å². The van der Waals surface area contributed by atoms with Crippen molar-refractivity contribution in [2.45, 2.75) is 18.4 Å². The van der Waals surface area contributed by atoms with E-state index < -0.39 is 12.0 Å². The molecular formula is C5H8ClF2O. The first-order chi connectivity index (χ1) is 4.18. The molecular weight excluding hydrogens is 150 g/mol. The summed E-state index contributed by atoms with van der Waals surface area (Å²) in [5.74, 6) is 0. The van der Waals surface area contributed by atoms with Crippen LogP contribution in [-0.2, 0) is 4.74 Å². The third kappa shape index (κ3) is 4.60. The molecule has 2 unspecified atom stereocenters. The van der Waals surface area contributed by atoms with E-state index in [4.69, 9.17) is 0 Å². The van der Waals surface area contributed by atoms with Gasteiger partial charge >= 0.3 is 0 Å². The zero-order valence-electron chi connectivity index (χ0n) is 4.82. The molecule has 0 N–H and O–H groups in total. The summed E-state index contributed by atoms with van der Waals surface area (Å²) in [5, 5.41) is 0. The van der Waals surface area contributed by atoms with Gasteiger partial charge in [0.25, 0.3) is 0 Å². The van der Waals surface area contributed by atoms with Crippen LogP contribution >= 0.6 is 11.6 Å². The second-order valence-electron chi connectivity index (χ2n) is 1.41. The van der Waals surface area contributed by atoms with E-state index in [1.165, 1.54) is 0 Å². The van der Waals surface area contributed by atoms with Crippen LogP contribution in [0.3, 0.4) is 0 Å². The van der Waals surface area contributed by atoms with Crippen molar-refractivity contribution in [3.05, 3.63) is 6.92 Å². The van der Waals surface area contributed by atoms with Gasteiger partial charge in [0.1, 0.15) is 0 Å². The molecule has 0 aromatic carbocycles. The molecule has 0 spiro atoms. The molecule has 0 saturated heterocycles. The molecule has 0 amide bonds. The third-order valence-corrected chi connectivity index (χ3v) is 0.818. The van der Waals surface area contributed by atoms with Gasteiger partial charge in [-0.25, -0.2) is 8.78 Å². The van der Waals surface area contributed by atoms with Crippen LogP contribution in [0.5, 0.6) is 0 Å². The minimum absolute atomic E-state index is 0.0916. The molecule has 0 fully saturated rings. The summed E-state index contributed by atoms with van der Waals surface area (Å²) >= 11 is 4.68. The predicted octanol–water partition coefficient (Wildman–Crippen LogP) is 2.06. The van der Waals surface area contributed by atoms with Crippen LogP contribution in [0.15, 0.2) is 0 Å². The van der Waals surface area contributed by atoms with Gasteiger partial charge in [-0.05, 0) is 6.42 Å². The van der Waals surface area contributed by atoms with Gasteiger partial charge in [0.2, 0.25) is 12.0 Å². The van der Waals surface area contributed by atoms with E-state index in [-0.39, 0.29) is 6.61 Å². The Morgan fingerprint density at radius 3 is 2.44 bits per heavy atom. The predicted molar refractivity (Wildman–Crippen MR) is 31.6 cm³/mol. The van der Waals surface area contributed by atoms with Crippen molar-refractivity contribution in [1.82, 2.24) is 0 Å². The van der Waals surface area contributed by atoms with Crippen molar-refractivity contribution in [3.63, 3.8) is 0 Å². The number of alkyl halides is 3. The lowest BCUT2D eigenvalue weighted by Crippen LogP contribution is -2.15. The zero-order chi connectivity index (χ0) is 7.28. The lowest BCUT2D eigenvalue weighted by Gasteiger charge is -2.06. The Labute approximate surface area is 57.9 Å². The van der Waals surface area contributed by atoms with Crippen LogP contribution in [0, 0.1) is 6.92 Å². The minimum Gasteiger partial charge on any atom is -0.345 e. The SMILES string of the molecule is [CH2]CCOC(F)C(F)Cl. The van der Waals surface area contributed by atoms with Gasteiger partial charge in [-0.1, -0.05) is 18.5 Å². The van der Waals surface area contributed by atoms with E-state index in [9.17, 15) is 8.78 Å². The molecule has 0 rings (SSSR count). The number of halogens is 3. The summed E-state index contributed by atoms with van der Waals surface area (Å²) in [6.45, 7) is 3.45. The molecule has 0 aliphatic rings. The van der Waals surface area contributed by atoms with Gasteiger partial charge in [0.15, 0.2) is 0 Å². The summed E-state index contributed by atoms with van der Waals surface area (Å²) in [5.41, 5.74) is -2.07. The van der Waals surface area contributed by atoms with Gasteiger partial charge in [-0.2, -0.15) is 0 Å². The molecule has 0 heterocycles. The quantitative estimate of drug-likeness (QED) is 0.568. The molecule has 0 aliphatic heterocycles. The molecule has 0 bridgehead atoms. The van der Waals surface area contributed by atoms with Gasteiger partial charge in [-0.3, -0.25) is 0 Å². The number of rotatable bonds is 4. The van der Waals surface area contributed by atoms with Gasteiger partial charge in [0, 0.05) is 0 Å². The average molecular weight is 158 g/mol. The molecule has 55 valence electrons. The zero-order valence-corrected chi connectivity index (χ0v) is 5.57. The highest BCUT2D eigenvalue weighted by molar-refractivity contribution is 6.19. The molecule has 0 aromatic rings. The topological polar surface area (TPSA) is 9.23 Å². The second kappa shape index (κ2) is 4.94. The lowest BCUT2D eigenvalue weighted by molar-refractivity contribution is -0.0622. The molecule has 4 heteroatoms. The maximum atomic E-state index is 12.0. The van der Waals surface area contributed by atoms with Crippen LogP contribution in [0.1, 0.15) is 6.42 Å². The van der Waals surface area contributed by atoms with E-state index in [1.54, 1.807) is 0 Å². The summed E-state index contributed by atoms with van der Waals surface area (Å²) < 4.78 is 27.8. The van der Waals surface area contributed by atoms with Crippen LogP contribution in [-0.4, -0.2) is 18.6 Å². The Morgan fingerprint density at radius 1 is 1.56 bits per heavy atom. The van der Waals surface area contributed by atoms with Gasteiger partial charge in [0.05, 0.1) is 6.61 Å². The number of ether oxygens (including phenoxy) is 1. The van der Waals surface area contributed by atoms with Gasteiger partial charge in [-0.15, -0.1) is 0 Å². The van der Waals surface area contributed by atoms with Crippen molar-refractivity contribution >= 4 is 11.6 Å². The van der Waals surface area contributed by atoms with Gasteiger partial charge < -0.3 is 4.74 Å². The molecule has 1 radical (unpaired) electrons. The monoisotopic (exact) mass is 157 g/mol. The Morgan fingerprint density at radius 2 is 2.11 bits per heavy atom. The normalized spacial score (nSPS) is 17.3. The van der Waals surface area contributed by atoms with E-state index >= 15 is 0 Å². The Bertz CT molecular complexity index is 70.0. The highest BCUT2D eigenvalue weighted by atomic mass is 35.5. The Balaban J connectivity index is 3.16. The van der Waals surface area contributed by atoms with Crippen molar-refractivity contribution in [3.8, 4) is 0 Å². The fourth-order valence-corrected chi connectivity index (χ4v) is 0.341. The Hall–Kier alpha value is 0.110. The van der Waals surface area contributed by atoms with Crippen LogP contribution in [0.2, 0.25) is 0 Å². The molecule has 0 aliphatic carbocycles. The smallest absolute Gasteiger partial charge is 0.244 e. The Kier molecular flexibility index (Phi) is 5.00. The van der Waals surface area contributed by atoms with Crippen LogP contribution < -0.4 is 0 Å². The second-order valence-corrected chi connectivity index (χ2v) is 1.83. The lowest BCUT2D eigenvalue weighted by atomic mass is 10.5. The maximum Gasteiger partial charge on any atom is 0.244 e. The minimum atomic E-state index is -2.07. The molecule has 1 nitrogen and oxygen atoms in total. The molecule has 0 saturated carbocycles. The van der Waals surface area contributed by atoms with Crippen LogP contribution in [0.4, 0.5) is 8.78 Å². The standard InChI is InChI=1S/C5H8ClF2O/c1-2-3-9-5(8)4(6)7/h4-5H,1-3H2. The fourth-order valence-electron chi connectivity index (χ4n) is 0.269. The van der Waals surface area contributed by atoms with E-state index in [1.807, 2.05) is 0 Å². The summed E-state index contributed by atoms with van der Waals surface area (Å²) in [6, 6.07) is 0. The first kappa shape index (κ1) is 9.11. The summed E-state index contributed by atoms with van der Waals surface area (Å²) in [7, 11) is 0. The maximum absolute atomic E-state index is 12.0. The molecule has 0 aromatic heterocycles. The summed E-state index contributed by atoms with van der Waals surface area (Å²) in [4.78, 5) is 0. The highest BCUT2D eigenvalue weighted by Gasteiger charge is 2.16. The van der Waals surface area contributed by atoms with Crippen LogP contribution in [0.25, 0.3) is 0 Å². The number of hydrogen-bond acceptors (Lipinski definition) is 1. The van der Waals surface area contributed by atoms with Crippen molar-refractivity contribution in [2.24, 2.45) is 0 Å². The summed E-state index contributed by atoms with van der Waals surface area (Å²) in [6.07, 6.45) is -1.61. The van der Waals surface area contributed by atoms with E-state index in [0.717, 1.165) is 0 Å². The largest absolute Gasteiger partial charge is 0.345 e. The molecule has 9 heavy (non-hydrogen) atoms. The average Bonchev–Trinajstić information content (AvgIpc) is 1.82. The van der Waals surface area contributed by atoms with Crippen molar-refractivity contribution < 1.29 is 13.5 Å². The number of hydrogen-bond donors (Lipinski definition) is 0.